The van der Waals surface area contributed by atoms with Crippen molar-refractivity contribution in [2.75, 3.05) is 0 Å². The van der Waals surface area contributed by atoms with Gasteiger partial charge in [-0.1, -0.05) is 97.1 Å². The van der Waals surface area contributed by atoms with Crippen molar-refractivity contribution in [1.29, 1.82) is 0 Å². The molecule has 0 aliphatic rings. The maximum Gasteiger partial charge on any atom is 0.336 e. The number of hydrogen-bond acceptors (Lipinski definition) is 1. The van der Waals surface area contributed by atoms with E-state index in [1.165, 1.54) is 0 Å². The Bertz CT molecular complexity index is 935. The number of benzene rings is 3. The molecular weight excluding hydrogens is 320 g/mol. The van der Waals surface area contributed by atoms with Crippen LogP contribution in [-0.4, -0.2) is 11.1 Å². The van der Waals surface area contributed by atoms with Crippen LogP contribution in [0.15, 0.2) is 91.0 Å². The van der Waals surface area contributed by atoms with Gasteiger partial charge in [0.05, 0.1) is 5.57 Å². The maximum absolute atomic E-state index is 12.2. The summed E-state index contributed by atoms with van der Waals surface area (Å²) in [5.41, 5.74) is 4.56. The zero-order valence-corrected chi connectivity index (χ0v) is 14.6. The van der Waals surface area contributed by atoms with Crippen LogP contribution < -0.4 is 0 Å². The smallest absolute Gasteiger partial charge is 0.336 e. The fourth-order valence-corrected chi connectivity index (χ4v) is 2.99. The fraction of sp³-hybridized carbons (Fsp3) is 0.0417. The minimum absolute atomic E-state index is 0.301. The summed E-state index contributed by atoms with van der Waals surface area (Å²) in [6, 6.07) is 26.9. The van der Waals surface area contributed by atoms with Gasteiger partial charge in [0.25, 0.3) is 0 Å². The molecule has 128 valence electrons. The third kappa shape index (κ3) is 3.81. The van der Waals surface area contributed by atoms with E-state index in [1.807, 2.05) is 104 Å². The van der Waals surface area contributed by atoms with Crippen LogP contribution in [0.2, 0.25) is 0 Å². The molecule has 1 N–H and O–H groups in total. The molecule has 0 atom stereocenters. The van der Waals surface area contributed by atoms with Crippen molar-refractivity contribution in [3.8, 4) is 0 Å². The molecule has 0 spiro atoms. The third-order valence-electron chi connectivity index (χ3n) is 4.15. The van der Waals surface area contributed by atoms with Gasteiger partial charge in [-0.3, -0.25) is 0 Å². The topological polar surface area (TPSA) is 37.3 Å². The molecule has 0 aromatic heterocycles. The van der Waals surface area contributed by atoms with E-state index in [1.54, 1.807) is 0 Å². The Labute approximate surface area is 153 Å². The van der Waals surface area contributed by atoms with Crippen LogP contribution in [0.4, 0.5) is 0 Å². The minimum atomic E-state index is -0.937. The van der Waals surface area contributed by atoms with Gasteiger partial charge < -0.3 is 5.11 Å². The van der Waals surface area contributed by atoms with Crippen molar-refractivity contribution < 1.29 is 9.90 Å². The first-order valence-electron chi connectivity index (χ1n) is 8.52. The van der Waals surface area contributed by atoms with Crippen LogP contribution in [0.25, 0.3) is 17.2 Å². The van der Waals surface area contributed by atoms with Gasteiger partial charge in [-0.05, 0) is 29.2 Å². The van der Waals surface area contributed by atoms with Gasteiger partial charge in [0.15, 0.2) is 0 Å². The van der Waals surface area contributed by atoms with E-state index in [-0.39, 0.29) is 0 Å². The molecule has 3 aromatic rings. The third-order valence-corrected chi connectivity index (χ3v) is 4.15. The first-order chi connectivity index (χ1) is 12.7. The lowest BCUT2D eigenvalue weighted by Gasteiger charge is -2.14. The molecule has 0 saturated carbocycles. The highest BCUT2D eigenvalue weighted by Crippen LogP contribution is 2.32. The van der Waals surface area contributed by atoms with Crippen LogP contribution in [0, 0.1) is 0 Å². The number of carboxylic acids is 1. The Morgan fingerprint density at radius 3 is 1.73 bits per heavy atom. The molecule has 2 nitrogen and oxygen atoms in total. The van der Waals surface area contributed by atoms with Gasteiger partial charge in [-0.25, -0.2) is 4.79 Å². The van der Waals surface area contributed by atoms with Gasteiger partial charge in [0.1, 0.15) is 0 Å². The van der Waals surface area contributed by atoms with E-state index in [0.29, 0.717) is 11.1 Å². The zero-order valence-electron chi connectivity index (χ0n) is 14.6. The largest absolute Gasteiger partial charge is 0.478 e. The summed E-state index contributed by atoms with van der Waals surface area (Å²) in [5.74, 6) is -0.937. The molecule has 0 saturated heterocycles. The molecule has 0 unspecified atom stereocenters. The summed E-state index contributed by atoms with van der Waals surface area (Å²) in [7, 11) is 0. The van der Waals surface area contributed by atoms with Gasteiger partial charge in [0, 0.05) is 5.57 Å². The highest BCUT2D eigenvalue weighted by Gasteiger charge is 2.19. The van der Waals surface area contributed by atoms with E-state index >= 15 is 0 Å². The van der Waals surface area contributed by atoms with Crippen molar-refractivity contribution in [3.63, 3.8) is 0 Å². The molecule has 0 aliphatic heterocycles. The number of allylic oxidation sites excluding steroid dienone is 1. The average molecular weight is 340 g/mol. The van der Waals surface area contributed by atoms with Crippen molar-refractivity contribution in [2.24, 2.45) is 0 Å². The number of aliphatic carboxylic acids is 1. The summed E-state index contributed by atoms with van der Waals surface area (Å²) in [6.07, 6.45) is 4.00. The SMILES string of the molecule is CC=Cc1ccc(C(=C(C(=O)O)c2ccccc2)c2ccccc2)cc1. The quantitative estimate of drug-likeness (QED) is 0.473. The predicted molar refractivity (Wildman–Crippen MR) is 108 cm³/mol. The fourth-order valence-electron chi connectivity index (χ4n) is 2.99. The Hall–Kier alpha value is -3.39. The second kappa shape index (κ2) is 8.13. The van der Waals surface area contributed by atoms with Crippen molar-refractivity contribution in [2.45, 2.75) is 6.92 Å². The Morgan fingerprint density at radius 1 is 0.731 bits per heavy atom. The monoisotopic (exact) mass is 340 g/mol. The highest BCUT2D eigenvalue weighted by atomic mass is 16.4. The summed E-state index contributed by atoms with van der Waals surface area (Å²) < 4.78 is 0. The number of carboxylic acid groups (broad SMARTS) is 1. The molecule has 0 radical (unpaired) electrons. The minimum Gasteiger partial charge on any atom is -0.478 e. The van der Waals surface area contributed by atoms with Crippen molar-refractivity contribution >= 4 is 23.2 Å². The van der Waals surface area contributed by atoms with Crippen LogP contribution in [0.3, 0.4) is 0 Å². The molecule has 26 heavy (non-hydrogen) atoms. The van der Waals surface area contributed by atoms with E-state index in [4.69, 9.17) is 0 Å². The number of carbonyl (C=O) groups is 1. The molecule has 0 amide bonds. The molecule has 3 rings (SSSR count). The van der Waals surface area contributed by atoms with E-state index in [9.17, 15) is 9.90 Å². The molecule has 0 heterocycles. The van der Waals surface area contributed by atoms with Gasteiger partial charge >= 0.3 is 5.97 Å². The average Bonchev–Trinajstić information content (AvgIpc) is 2.68. The lowest BCUT2D eigenvalue weighted by Crippen LogP contribution is -2.05. The lowest BCUT2D eigenvalue weighted by molar-refractivity contribution is -0.130. The standard InChI is InChI=1S/C24H20O2/c1-2-9-18-14-16-21(17-15-18)22(19-10-5-3-6-11-19)23(24(25)26)20-12-7-4-8-13-20/h2-17H,1H3,(H,25,26). The van der Waals surface area contributed by atoms with E-state index < -0.39 is 5.97 Å². The van der Waals surface area contributed by atoms with Gasteiger partial charge in [-0.2, -0.15) is 0 Å². The first kappa shape index (κ1) is 17.4. The number of rotatable bonds is 5. The van der Waals surface area contributed by atoms with Crippen LogP contribution in [0.1, 0.15) is 29.2 Å². The molecule has 2 heteroatoms. The predicted octanol–water partition coefficient (Wildman–Crippen LogP) is 5.76. The second-order valence-electron chi connectivity index (χ2n) is 5.91. The van der Waals surface area contributed by atoms with Crippen molar-refractivity contribution in [1.82, 2.24) is 0 Å². The molecule has 3 aromatic carbocycles. The molecule has 0 bridgehead atoms. The van der Waals surface area contributed by atoms with E-state index in [2.05, 4.69) is 0 Å². The number of hydrogen-bond donors (Lipinski definition) is 1. The highest BCUT2D eigenvalue weighted by molar-refractivity contribution is 6.26. The Kier molecular flexibility index (Phi) is 5.45. The van der Waals surface area contributed by atoms with Gasteiger partial charge in [-0.15, -0.1) is 0 Å². The normalized spacial score (nSPS) is 12.0. The lowest BCUT2D eigenvalue weighted by atomic mass is 9.89. The first-order valence-corrected chi connectivity index (χ1v) is 8.52. The van der Waals surface area contributed by atoms with Crippen molar-refractivity contribution in [3.05, 3.63) is 113 Å². The zero-order chi connectivity index (χ0) is 18.4. The second-order valence-corrected chi connectivity index (χ2v) is 5.91. The van der Waals surface area contributed by atoms with Crippen LogP contribution >= 0.6 is 0 Å². The summed E-state index contributed by atoms with van der Waals surface area (Å²) in [6.45, 7) is 1.97. The van der Waals surface area contributed by atoms with E-state index in [0.717, 1.165) is 22.3 Å². The summed E-state index contributed by atoms with van der Waals surface area (Å²) in [5, 5.41) is 9.99. The molecule has 0 fully saturated rings. The Balaban J connectivity index is 2.28. The molecular formula is C24H20O2. The summed E-state index contributed by atoms with van der Waals surface area (Å²) in [4.78, 5) is 12.2. The summed E-state index contributed by atoms with van der Waals surface area (Å²) >= 11 is 0. The molecule has 0 aliphatic carbocycles. The van der Waals surface area contributed by atoms with Crippen LogP contribution in [0.5, 0.6) is 0 Å². The Morgan fingerprint density at radius 2 is 1.23 bits per heavy atom. The maximum atomic E-state index is 12.2. The van der Waals surface area contributed by atoms with Gasteiger partial charge in [0.2, 0.25) is 0 Å². The van der Waals surface area contributed by atoms with Crippen LogP contribution in [-0.2, 0) is 4.79 Å².